The molecular formula is C11H5F3N2O2. The Balaban J connectivity index is 2.86. The van der Waals surface area contributed by atoms with Gasteiger partial charge in [-0.25, -0.2) is 0 Å². The Kier molecular flexibility index (Phi) is 2.51. The lowest BCUT2D eigenvalue weighted by atomic mass is 10.1. The number of pyridine rings is 1. The lowest BCUT2D eigenvalue weighted by Gasteiger charge is -2.08. The second-order valence-electron chi connectivity index (χ2n) is 3.55. The second kappa shape index (κ2) is 3.77. The maximum atomic E-state index is 12.5. The molecular weight excluding hydrogens is 249 g/mol. The van der Waals surface area contributed by atoms with Crippen molar-refractivity contribution in [2.75, 3.05) is 0 Å². The lowest BCUT2D eigenvalue weighted by molar-refractivity contribution is -0.137. The number of rotatable bonds is 0. The molecule has 0 saturated carbocycles. The van der Waals surface area contributed by atoms with Gasteiger partial charge in [0, 0.05) is 5.39 Å². The molecule has 4 nitrogen and oxygen atoms in total. The standard InChI is InChI=1S/C11H5F3N2O2/c12-11(13,14)5-1-2-8-6(3-5)9(17)7(4-15)10(18)16-8/h1-3H,(H2,16,17,18). The molecule has 0 aliphatic rings. The van der Waals surface area contributed by atoms with Crippen LogP contribution in [0.15, 0.2) is 23.0 Å². The number of aromatic amines is 1. The second-order valence-corrected chi connectivity index (χ2v) is 3.55. The van der Waals surface area contributed by atoms with E-state index in [1.807, 2.05) is 0 Å². The Hall–Kier alpha value is -2.49. The molecule has 0 aliphatic heterocycles. The van der Waals surface area contributed by atoms with Crippen molar-refractivity contribution < 1.29 is 18.3 Å². The van der Waals surface area contributed by atoms with E-state index >= 15 is 0 Å². The number of nitrogens with zero attached hydrogens (tertiary/aromatic N) is 1. The van der Waals surface area contributed by atoms with Crippen LogP contribution in [-0.2, 0) is 6.18 Å². The normalized spacial score (nSPS) is 11.4. The molecule has 1 aromatic carbocycles. The number of H-pyrrole nitrogens is 1. The highest BCUT2D eigenvalue weighted by molar-refractivity contribution is 5.87. The van der Waals surface area contributed by atoms with E-state index in [4.69, 9.17) is 5.26 Å². The predicted octanol–water partition coefficient (Wildman–Crippen LogP) is 2.12. The zero-order valence-corrected chi connectivity index (χ0v) is 8.67. The number of fused-ring (bicyclic) bond motifs is 1. The molecule has 0 aliphatic carbocycles. The highest BCUT2D eigenvalue weighted by Crippen LogP contribution is 2.33. The van der Waals surface area contributed by atoms with Gasteiger partial charge in [0.05, 0.1) is 11.1 Å². The number of benzene rings is 1. The predicted molar refractivity (Wildman–Crippen MR) is 56.0 cm³/mol. The van der Waals surface area contributed by atoms with Crippen molar-refractivity contribution in [2.45, 2.75) is 6.18 Å². The highest BCUT2D eigenvalue weighted by Gasteiger charge is 2.31. The van der Waals surface area contributed by atoms with E-state index in [-0.39, 0.29) is 10.9 Å². The fraction of sp³-hybridized carbons (Fsp3) is 0.0909. The molecule has 2 aromatic rings. The summed E-state index contributed by atoms with van der Waals surface area (Å²) in [5.74, 6) is -0.748. The number of halogens is 3. The molecule has 0 saturated heterocycles. The maximum absolute atomic E-state index is 12.5. The van der Waals surface area contributed by atoms with E-state index in [9.17, 15) is 23.1 Å². The summed E-state index contributed by atoms with van der Waals surface area (Å²) in [5.41, 5.74) is -2.39. The molecule has 0 radical (unpaired) electrons. The number of aromatic nitrogens is 1. The zero-order chi connectivity index (χ0) is 13.5. The molecule has 92 valence electrons. The van der Waals surface area contributed by atoms with Gasteiger partial charge < -0.3 is 10.1 Å². The summed E-state index contributed by atoms with van der Waals surface area (Å²) in [6, 6.07) is 3.93. The molecule has 1 aromatic heterocycles. The molecule has 0 spiro atoms. The van der Waals surface area contributed by atoms with Gasteiger partial charge in [-0.2, -0.15) is 18.4 Å². The van der Waals surface area contributed by atoms with E-state index in [1.165, 1.54) is 6.07 Å². The number of nitrogens with one attached hydrogen (secondary N) is 1. The van der Waals surface area contributed by atoms with Crippen LogP contribution < -0.4 is 5.56 Å². The summed E-state index contributed by atoms with van der Waals surface area (Å²) in [4.78, 5) is 13.5. The van der Waals surface area contributed by atoms with Crippen LogP contribution in [0.3, 0.4) is 0 Å². The first kappa shape index (κ1) is 12.0. The third kappa shape index (κ3) is 1.78. The van der Waals surface area contributed by atoms with Gasteiger partial charge >= 0.3 is 6.18 Å². The fourth-order valence-electron chi connectivity index (χ4n) is 1.56. The molecule has 1 heterocycles. The number of nitriles is 1. The quantitative estimate of drug-likeness (QED) is 0.756. The smallest absolute Gasteiger partial charge is 0.416 e. The van der Waals surface area contributed by atoms with Crippen LogP contribution in [0.25, 0.3) is 10.9 Å². The van der Waals surface area contributed by atoms with Gasteiger partial charge in [0.2, 0.25) is 0 Å². The first-order valence-electron chi connectivity index (χ1n) is 4.71. The first-order chi connectivity index (χ1) is 8.34. The Morgan fingerprint density at radius 3 is 2.56 bits per heavy atom. The molecule has 0 unspecified atom stereocenters. The van der Waals surface area contributed by atoms with Gasteiger partial charge in [-0.15, -0.1) is 0 Å². The number of hydrogen-bond acceptors (Lipinski definition) is 3. The van der Waals surface area contributed by atoms with Crippen molar-refractivity contribution in [1.29, 1.82) is 5.26 Å². The monoisotopic (exact) mass is 254 g/mol. The van der Waals surface area contributed by atoms with Gasteiger partial charge in [-0.3, -0.25) is 4.79 Å². The molecule has 0 bridgehead atoms. The molecule has 0 amide bonds. The van der Waals surface area contributed by atoms with E-state index in [2.05, 4.69) is 4.98 Å². The van der Waals surface area contributed by atoms with Crippen molar-refractivity contribution >= 4 is 10.9 Å². The topological polar surface area (TPSA) is 76.9 Å². The van der Waals surface area contributed by atoms with E-state index < -0.39 is 28.6 Å². The van der Waals surface area contributed by atoms with Crippen LogP contribution in [0.1, 0.15) is 11.1 Å². The summed E-state index contributed by atoms with van der Waals surface area (Å²) in [7, 11) is 0. The third-order valence-corrected chi connectivity index (χ3v) is 2.43. The summed E-state index contributed by atoms with van der Waals surface area (Å²) >= 11 is 0. The van der Waals surface area contributed by atoms with Crippen molar-refractivity contribution in [2.24, 2.45) is 0 Å². The number of hydrogen-bond donors (Lipinski definition) is 2. The number of aromatic hydroxyl groups is 1. The van der Waals surface area contributed by atoms with Gasteiger partial charge in [-0.1, -0.05) is 0 Å². The Morgan fingerprint density at radius 1 is 1.33 bits per heavy atom. The molecule has 0 atom stereocenters. The summed E-state index contributed by atoms with van der Waals surface area (Å²) < 4.78 is 37.5. The van der Waals surface area contributed by atoms with Crippen LogP contribution in [0.2, 0.25) is 0 Å². The van der Waals surface area contributed by atoms with E-state index in [0.717, 1.165) is 12.1 Å². The molecule has 18 heavy (non-hydrogen) atoms. The van der Waals surface area contributed by atoms with Crippen molar-refractivity contribution in [3.05, 3.63) is 39.7 Å². The Morgan fingerprint density at radius 2 is 2.00 bits per heavy atom. The molecule has 0 fully saturated rings. The van der Waals surface area contributed by atoms with E-state index in [1.54, 1.807) is 0 Å². The Bertz CT molecular complexity index is 726. The van der Waals surface area contributed by atoms with Crippen LogP contribution in [-0.4, -0.2) is 10.1 Å². The average Bonchev–Trinajstić information content (AvgIpc) is 2.27. The van der Waals surface area contributed by atoms with Crippen LogP contribution >= 0.6 is 0 Å². The van der Waals surface area contributed by atoms with Gasteiger partial charge in [0.1, 0.15) is 11.8 Å². The molecule has 7 heteroatoms. The zero-order valence-electron chi connectivity index (χ0n) is 8.67. The minimum Gasteiger partial charge on any atom is -0.506 e. The van der Waals surface area contributed by atoms with Gasteiger partial charge in [0.15, 0.2) is 5.56 Å². The van der Waals surface area contributed by atoms with Crippen molar-refractivity contribution in [3.8, 4) is 11.8 Å². The average molecular weight is 254 g/mol. The van der Waals surface area contributed by atoms with E-state index in [0.29, 0.717) is 6.07 Å². The van der Waals surface area contributed by atoms with Crippen LogP contribution in [0.5, 0.6) is 5.75 Å². The third-order valence-electron chi connectivity index (χ3n) is 2.43. The Labute approximate surface area is 97.9 Å². The molecule has 2 N–H and O–H groups in total. The maximum Gasteiger partial charge on any atom is 0.416 e. The first-order valence-corrected chi connectivity index (χ1v) is 4.71. The summed E-state index contributed by atoms with van der Waals surface area (Å²) in [6.07, 6.45) is -4.57. The minimum absolute atomic E-state index is 0.0319. The summed E-state index contributed by atoms with van der Waals surface area (Å²) in [6.45, 7) is 0. The molecule has 2 rings (SSSR count). The minimum atomic E-state index is -4.57. The highest BCUT2D eigenvalue weighted by atomic mass is 19.4. The van der Waals surface area contributed by atoms with Crippen molar-refractivity contribution in [3.63, 3.8) is 0 Å². The SMILES string of the molecule is N#Cc1c(O)c2cc(C(F)(F)F)ccc2[nH]c1=O. The lowest BCUT2D eigenvalue weighted by Crippen LogP contribution is -2.11. The largest absolute Gasteiger partial charge is 0.506 e. The van der Waals surface area contributed by atoms with Crippen molar-refractivity contribution in [1.82, 2.24) is 4.98 Å². The fourth-order valence-corrected chi connectivity index (χ4v) is 1.56. The van der Waals surface area contributed by atoms with Gasteiger partial charge in [-0.05, 0) is 18.2 Å². The van der Waals surface area contributed by atoms with Crippen LogP contribution in [0.4, 0.5) is 13.2 Å². The van der Waals surface area contributed by atoms with Gasteiger partial charge in [0.25, 0.3) is 5.56 Å². The summed E-state index contributed by atoms with van der Waals surface area (Å²) in [5, 5.41) is 18.0. The van der Waals surface area contributed by atoms with Crippen LogP contribution in [0, 0.1) is 11.3 Å². The number of alkyl halides is 3.